The van der Waals surface area contributed by atoms with Crippen LogP contribution in [0.4, 0.5) is 20.7 Å². The Morgan fingerprint density at radius 3 is 2.43 bits per heavy atom. The van der Waals surface area contributed by atoms with E-state index in [-0.39, 0.29) is 17.9 Å². The predicted molar refractivity (Wildman–Crippen MR) is 108 cm³/mol. The van der Waals surface area contributed by atoms with Gasteiger partial charge in [-0.15, -0.1) is 10.2 Å². The molecule has 4 rings (SSSR count). The van der Waals surface area contributed by atoms with Gasteiger partial charge in [0, 0.05) is 35.6 Å². The highest BCUT2D eigenvalue weighted by molar-refractivity contribution is 6.34. The second-order valence-electron chi connectivity index (χ2n) is 6.73. The van der Waals surface area contributed by atoms with Gasteiger partial charge >= 0.3 is 6.03 Å². The molecule has 0 aliphatic carbocycles. The molecule has 1 aliphatic rings. The summed E-state index contributed by atoms with van der Waals surface area (Å²) in [6.07, 6.45) is 1.57. The molecule has 0 bridgehead atoms. The van der Waals surface area contributed by atoms with Crippen LogP contribution in [0.2, 0.25) is 5.15 Å². The van der Waals surface area contributed by atoms with Crippen molar-refractivity contribution < 1.29 is 9.18 Å². The van der Waals surface area contributed by atoms with Gasteiger partial charge in [0.25, 0.3) is 0 Å². The Labute approximate surface area is 166 Å². The van der Waals surface area contributed by atoms with Gasteiger partial charge in [0.15, 0.2) is 11.0 Å². The maximum Gasteiger partial charge on any atom is 0.321 e. The summed E-state index contributed by atoms with van der Waals surface area (Å²) >= 11 is 6.13. The molecule has 2 heterocycles. The highest BCUT2D eigenvalue weighted by Gasteiger charge is 2.23. The minimum absolute atomic E-state index is 0.179. The number of urea groups is 1. The zero-order valence-electron chi connectivity index (χ0n) is 15.0. The van der Waals surface area contributed by atoms with Crippen molar-refractivity contribution >= 4 is 39.9 Å². The first-order chi connectivity index (χ1) is 13.6. The summed E-state index contributed by atoms with van der Waals surface area (Å²) in [4.78, 5) is 14.2. The van der Waals surface area contributed by atoms with Crippen molar-refractivity contribution in [3.05, 3.63) is 59.5 Å². The molecule has 28 heavy (non-hydrogen) atoms. The van der Waals surface area contributed by atoms with E-state index in [1.54, 1.807) is 17.0 Å². The summed E-state index contributed by atoms with van der Waals surface area (Å²) in [7, 11) is 0. The highest BCUT2D eigenvalue weighted by Crippen LogP contribution is 2.27. The van der Waals surface area contributed by atoms with Crippen molar-refractivity contribution in [3.63, 3.8) is 0 Å². The van der Waals surface area contributed by atoms with Gasteiger partial charge < -0.3 is 15.5 Å². The Morgan fingerprint density at radius 2 is 1.71 bits per heavy atom. The fraction of sp³-hybridized carbons (Fsp3) is 0.250. The fourth-order valence-corrected chi connectivity index (χ4v) is 3.54. The van der Waals surface area contributed by atoms with Crippen molar-refractivity contribution in [2.75, 3.05) is 23.7 Å². The molecule has 1 fully saturated rings. The maximum absolute atomic E-state index is 13.0. The molecule has 0 unspecified atom stereocenters. The predicted octanol–water partition coefficient (Wildman–Crippen LogP) is 4.53. The van der Waals surface area contributed by atoms with Crippen LogP contribution in [-0.2, 0) is 0 Å². The summed E-state index contributed by atoms with van der Waals surface area (Å²) in [5, 5.41) is 16.6. The van der Waals surface area contributed by atoms with E-state index in [1.807, 2.05) is 24.3 Å². The van der Waals surface area contributed by atoms with Gasteiger partial charge in [0.1, 0.15) is 5.82 Å². The van der Waals surface area contributed by atoms with Crippen LogP contribution in [-0.4, -0.2) is 40.3 Å². The zero-order valence-corrected chi connectivity index (χ0v) is 15.8. The molecular weight excluding hydrogens is 381 g/mol. The molecular formula is C20H19ClFN5O. The smallest absolute Gasteiger partial charge is 0.321 e. The molecule has 2 amide bonds. The minimum Gasteiger partial charge on any atom is -0.365 e. The van der Waals surface area contributed by atoms with Crippen molar-refractivity contribution in [2.24, 2.45) is 0 Å². The lowest BCUT2D eigenvalue weighted by atomic mass is 10.0. The van der Waals surface area contributed by atoms with Gasteiger partial charge in [-0.3, -0.25) is 0 Å². The number of piperidine rings is 1. The number of halogens is 2. The van der Waals surface area contributed by atoms with Crippen LogP contribution in [0, 0.1) is 5.82 Å². The SMILES string of the molecule is O=C(Nc1ccc(F)cc1)N1CCC(Nc2nnc(Cl)c3ccccc23)CC1. The number of aromatic nitrogens is 2. The Morgan fingerprint density at radius 1 is 1.04 bits per heavy atom. The second-order valence-corrected chi connectivity index (χ2v) is 7.09. The highest BCUT2D eigenvalue weighted by atomic mass is 35.5. The number of likely N-dealkylation sites (tertiary alicyclic amines) is 1. The van der Waals surface area contributed by atoms with Gasteiger partial charge in [0.2, 0.25) is 0 Å². The topological polar surface area (TPSA) is 70.2 Å². The molecule has 1 aliphatic heterocycles. The van der Waals surface area contributed by atoms with Crippen molar-refractivity contribution in [2.45, 2.75) is 18.9 Å². The number of rotatable bonds is 3. The average Bonchev–Trinajstić information content (AvgIpc) is 2.72. The summed E-state index contributed by atoms with van der Waals surface area (Å²) in [6, 6.07) is 13.5. The fourth-order valence-electron chi connectivity index (χ4n) is 3.33. The third kappa shape index (κ3) is 3.99. The van der Waals surface area contributed by atoms with Gasteiger partial charge in [-0.25, -0.2) is 9.18 Å². The number of carbonyl (C=O) groups excluding carboxylic acids is 1. The van der Waals surface area contributed by atoms with Gasteiger partial charge in [-0.1, -0.05) is 35.9 Å². The molecule has 2 N–H and O–H groups in total. The van der Waals surface area contributed by atoms with E-state index in [9.17, 15) is 9.18 Å². The van der Waals surface area contributed by atoms with Crippen LogP contribution in [0.25, 0.3) is 10.8 Å². The number of hydrogen-bond acceptors (Lipinski definition) is 4. The average molecular weight is 400 g/mol. The molecule has 0 atom stereocenters. The first kappa shape index (κ1) is 18.4. The zero-order chi connectivity index (χ0) is 19.5. The first-order valence-electron chi connectivity index (χ1n) is 9.09. The van der Waals surface area contributed by atoms with E-state index in [4.69, 9.17) is 11.6 Å². The van der Waals surface area contributed by atoms with Crippen LogP contribution >= 0.6 is 11.6 Å². The Kier molecular flexibility index (Phi) is 5.25. The molecule has 8 heteroatoms. The molecule has 0 saturated carbocycles. The quantitative estimate of drug-likeness (QED) is 0.678. The van der Waals surface area contributed by atoms with Crippen molar-refractivity contribution in [3.8, 4) is 0 Å². The molecule has 1 saturated heterocycles. The lowest BCUT2D eigenvalue weighted by molar-refractivity contribution is 0.197. The van der Waals surface area contributed by atoms with E-state index >= 15 is 0 Å². The number of amides is 2. The first-order valence-corrected chi connectivity index (χ1v) is 9.47. The van der Waals surface area contributed by atoms with E-state index < -0.39 is 0 Å². The molecule has 2 aromatic carbocycles. The molecule has 1 aromatic heterocycles. The Balaban J connectivity index is 1.36. The van der Waals surface area contributed by atoms with Gasteiger partial charge in [-0.2, -0.15) is 0 Å². The van der Waals surface area contributed by atoms with Crippen LogP contribution in [0.1, 0.15) is 12.8 Å². The third-order valence-electron chi connectivity index (χ3n) is 4.86. The van der Waals surface area contributed by atoms with Crippen LogP contribution in [0.15, 0.2) is 48.5 Å². The van der Waals surface area contributed by atoms with E-state index in [0.29, 0.717) is 29.7 Å². The number of benzene rings is 2. The maximum atomic E-state index is 13.0. The summed E-state index contributed by atoms with van der Waals surface area (Å²) in [5.74, 6) is 0.372. The van der Waals surface area contributed by atoms with Crippen molar-refractivity contribution in [1.29, 1.82) is 0 Å². The van der Waals surface area contributed by atoms with E-state index in [2.05, 4.69) is 20.8 Å². The van der Waals surface area contributed by atoms with E-state index in [1.165, 1.54) is 12.1 Å². The van der Waals surface area contributed by atoms with Crippen LogP contribution < -0.4 is 10.6 Å². The molecule has 6 nitrogen and oxygen atoms in total. The summed E-state index contributed by atoms with van der Waals surface area (Å²) < 4.78 is 13.0. The number of anilines is 2. The second kappa shape index (κ2) is 7.98. The lowest BCUT2D eigenvalue weighted by Gasteiger charge is -2.32. The molecule has 0 radical (unpaired) electrons. The number of hydrogen-bond donors (Lipinski definition) is 2. The largest absolute Gasteiger partial charge is 0.365 e. The monoisotopic (exact) mass is 399 g/mol. The number of carbonyl (C=O) groups is 1. The van der Waals surface area contributed by atoms with Gasteiger partial charge in [0.05, 0.1) is 0 Å². The van der Waals surface area contributed by atoms with Crippen LogP contribution in [0.3, 0.4) is 0 Å². The van der Waals surface area contributed by atoms with Crippen LogP contribution in [0.5, 0.6) is 0 Å². The summed E-state index contributed by atoms with van der Waals surface area (Å²) in [5.41, 5.74) is 0.578. The van der Waals surface area contributed by atoms with E-state index in [0.717, 1.165) is 23.6 Å². The Hall–Kier alpha value is -2.93. The molecule has 144 valence electrons. The molecule has 3 aromatic rings. The summed E-state index contributed by atoms with van der Waals surface area (Å²) in [6.45, 7) is 1.23. The lowest BCUT2D eigenvalue weighted by Crippen LogP contribution is -2.44. The normalized spacial score (nSPS) is 14.9. The minimum atomic E-state index is -0.331. The number of fused-ring (bicyclic) bond motifs is 1. The third-order valence-corrected chi connectivity index (χ3v) is 5.14. The van der Waals surface area contributed by atoms with Gasteiger partial charge in [-0.05, 0) is 37.1 Å². The standard InChI is InChI=1S/C20H19ClFN5O/c21-18-16-3-1-2-4-17(16)19(26-25-18)23-15-9-11-27(12-10-15)20(28)24-14-7-5-13(22)6-8-14/h1-8,15H,9-12H2,(H,23,26)(H,24,28). The Bertz CT molecular complexity index is 990. The van der Waals surface area contributed by atoms with Crippen molar-refractivity contribution in [1.82, 2.24) is 15.1 Å². The molecule has 0 spiro atoms. The number of nitrogens with zero attached hydrogens (tertiary/aromatic N) is 3. The number of nitrogens with one attached hydrogen (secondary N) is 2.